The van der Waals surface area contributed by atoms with Gasteiger partial charge in [0, 0.05) is 17.9 Å². The number of nitrogens with two attached hydrogens (primary N) is 1. The van der Waals surface area contributed by atoms with Crippen molar-refractivity contribution < 1.29 is 4.74 Å². The first-order chi connectivity index (χ1) is 8.72. The second-order valence-corrected chi connectivity index (χ2v) is 4.69. The fourth-order valence-corrected chi connectivity index (χ4v) is 2.30. The molecule has 3 N–H and O–H groups in total. The summed E-state index contributed by atoms with van der Waals surface area (Å²) in [5.74, 6) is 1.42. The van der Waals surface area contributed by atoms with E-state index in [1.165, 1.54) is 11.3 Å². The molecule has 0 spiro atoms. The quantitative estimate of drug-likeness (QED) is 0.810. The summed E-state index contributed by atoms with van der Waals surface area (Å²) in [5, 5.41) is 3.83. The van der Waals surface area contributed by atoms with Crippen LogP contribution in [-0.4, -0.2) is 6.54 Å². The largest absolute Gasteiger partial charge is 0.456 e. The van der Waals surface area contributed by atoms with Gasteiger partial charge in [0.25, 0.3) is 0 Å². The molecule has 4 heteroatoms. The molecule has 3 rings (SSSR count). The van der Waals surface area contributed by atoms with Gasteiger partial charge in [0.2, 0.25) is 0 Å². The van der Waals surface area contributed by atoms with Crippen LogP contribution in [-0.2, 0) is 6.42 Å². The molecule has 92 valence electrons. The standard InChI is InChI=1S/C14H13ClN2O/c15-12-8-10(16)1-4-14(12)18-11-2-3-13-9(7-11)5-6-17-13/h1-4,7-8,17H,5-6,16H2. The van der Waals surface area contributed by atoms with E-state index < -0.39 is 0 Å². The van der Waals surface area contributed by atoms with E-state index in [0.29, 0.717) is 16.5 Å². The maximum atomic E-state index is 6.08. The summed E-state index contributed by atoms with van der Waals surface area (Å²) in [5.41, 5.74) is 8.74. The molecule has 0 unspecified atom stereocenters. The molecular formula is C14H13ClN2O. The smallest absolute Gasteiger partial charge is 0.146 e. The molecule has 0 fully saturated rings. The minimum Gasteiger partial charge on any atom is -0.456 e. The SMILES string of the molecule is Nc1ccc(Oc2ccc3c(c2)CCN3)c(Cl)c1. The molecule has 0 atom stereocenters. The lowest BCUT2D eigenvalue weighted by atomic mass is 10.1. The number of halogens is 1. The van der Waals surface area contributed by atoms with Crippen molar-refractivity contribution in [2.45, 2.75) is 6.42 Å². The van der Waals surface area contributed by atoms with E-state index in [4.69, 9.17) is 22.1 Å². The second kappa shape index (κ2) is 4.42. The van der Waals surface area contributed by atoms with Crippen LogP contribution in [0, 0.1) is 0 Å². The number of ether oxygens (including phenoxy) is 1. The molecule has 0 saturated carbocycles. The fourth-order valence-electron chi connectivity index (χ4n) is 2.07. The Labute approximate surface area is 111 Å². The molecular weight excluding hydrogens is 248 g/mol. The van der Waals surface area contributed by atoms with Crippen molar-refractivity contribution in [1.29, 1.82) is 0 Å². The summed E-state index contributed by atoms with van der Waals surface area (Å²) in [6.45, 7) is 0.988. The zero-order valence-corrected chi connectivity index (χ0v) is 10.5. The monoisotopic (exact) mass is 260 g/mol. The Morgan fingerprint density at radius 2 is 2.06 bits per heavy atom. The average Bonchev–Trinajstić information content (AvgIpc) is 2.80. The van der Waals surface area contributed by atoms with Crippen LogP contribution >= 0.6 is 11.6 Å². The first-order valence-electron chi connectivity index (χ1n) is 5.82. The summed E-state index contributed by atoms with van der Waals surface area (Å²) >= 11 is 6.08. The van der Waals surface area contributed by atoms with E-state index in [2.05, 4.69) is 5.32 Å². The van der Waals surface area contributed by atoms with Crippen LogP contribution < -0.4 is 15.8 Å². The van der Waals surface area contributed by atoms with Gasteiger partial charge in [0.05, 0.1) is 5.02 Å². The summed E-state index contributed by atoms with van der Waals surface area (Å²) in [6, 6.07) is 11.2. The van der Waals surface area contributed by atoms with E-state index in [1.807, 2.05) is 18.2 Å². The summed E-state index contributed by atoms with van der Waals surface area (Å²) < 4.78 is 5.77. The summed E-state index contributed by atoms with van der Waals surface area (Å²) in [4.78, 5) is 0. The Morgan fingerprint density at radius 1 is 1.17 bits per heavy atom. The van der Waals surface area contributed by atoms with Crippen molar-refractivity contribution in [3.63, 3.8) is 0 Å². The molecule has 0 amide bonds. The summed E-state index contributed by atoms with van der Waals surface area (Å²) in [6.07, 6.45) is 1.03. The van der Waals surface area contributed by atoms with Gasteiger partial charge in [0.1, 0.15) is 11.5 Å². The van der Waals surface area contributed by atoms with Crippen molar-refractivity contribution in [3.8, 4) is 11.5 Å². The topological polar surface area (TPSA) is 47.3 Å². The van der Waals surface area contributed by atoms with E-state index in [9.17, 15) is 0 Å². The van der Waals surface area contributed by atoms with Crippen LogP contribution in [0.3, 0.4) is 0 Å². The molecule has 3 nitrogen and oxygen atoms in total. The lowest BCUT2D eigenvalue weighted by molar-refractivity contribution is 0.482. The van der Waals surface area contributed by atoms with Crippen molar-refractivity contribution in [3.05, 3.63) is 47.0 Å². The zero-order valence-electron chi connectivity index (χ0n) is 9.74. The van der Waals surface area contributed by atoms with Crippen molar-refractivity contribution in [1.82, 2.24) is 0 Å². The first-order valence-corrected chi connectivity index (χ1v) is 6.20. The van der Waals surface area contributed by atoms with Gasteiger partial charge in [-0.15, -0.1) is 0 Å². The highest BCUT2D eigenvalue weighted by Crippen LogP contribution is 2.33. The van der Waals surface area contributed by atoms with Crippen molar-refractivity contribution in [2.24, 2.45) is 0 Å². The average molecular weight is 261 g/mol. The zero-order chi connectivity index (χ0) is 12.5. The van der Waals surface area contributed by atoms with Crippen LogP contribution in [0.15, 0.2) is 36.4 Å². The lowest BCUT2D eigenvalue weighted by Crippen LogP contribution is -1.90. The van der Waals surface area contributed by atoms with E-state index >= 15 is 0 Å². The minimum absolute atomic E-state index is 0.522. The Kier molecular flexibility index (Phi) is 2.76. The number of benzene rings is 2. The fraction of sp³-hybridized carbons (Fsp3) is 0.143. The molecule has 0 saturated heterocycles. The number of hydrogen-bond donors (Lipinski definition) is 2. The van der Waals surface area contributed by atoms with E-state index in [1.54, 1.807) is 18.2 Å². The third kappa shape index (κ3) is 2.09. The first kappa shape index (κ1) is 11.2. The molecule has 2 aromatic rings. The molecule has 0 aliphatic carbocycles. The van der Waals surface area contributed by atoms with Crippen molar-refractivity contribution >= 4 is 23.0 Å². The third-order valence-electron chi connectivity index (χ3n) is 2.97. The Hall–Kier alpha value is -1.87. The van der Waals surface area contributed by atoms with Gasteiger partial charge in [-0.2, -0.15) is 0 Å². The van der Waals surface area contributed by atoms with Gasteiger partial charge in [0.15, 0.2) is 0 Å². The maximum Gasteiger partial charge on any atom is 0.146 e. The number of nitrogens with one attached hydrogen (secondary N) is 1. The molecule has 1 aliphatic rings. The molecule has 1 heterocycles. The predicted octanol–water partition coefficient (Wildman–Crippen LogP) is 3.68. The van der Waals surface area contributed by atoms with Crippen LogP contribution in [0.5, 0.6) is 11.5 Å². The van der Waals surface area contributed by atoms with Crippen LogP contribution in [0.25, 0.3) is 0 Å². The Bertz CT molecular complexity index is 598. The normalized spacial score (nSPS) is 12.9. The van der Waals surface area contributed by atoms with Gasteiger partial charge in [-0.25, -0.2) is 0 Å². The molecule has 0 radical (unpaired) electrons. The molecule has 0 aromatic heterocycles. The van der Waals surface area contributed by atoms with E-state index in [0.717, 1.165) is 18.7 Å². The summed E-state index contributed by atoms with van der Waals surface area (Å²) in [7, 11) is 0. The van der Waals surface area contributed by atoms with Crippen LogP contribution in [0.4, 0.5) is 11.4 Å². The Morgan fingerprint density at radius 3 is 2.89 bits per heavy atom. The number of nitrogen functional groups attached to an aromatic ring is 1. The molecule has 2 aromatic carbocycles. The molecule has 18 heavy (non-hydrogen) atoms. The Balaban J connectivity index is 1.88. The molecule has 1 aliphatic heterocycles. The highest BCUT2D eigenvalue weighted by Gasteiger charge is 2.11. The van der Waals surface area contributed by atoms with E-state index in [-0.39, 0.29) is 0 Å². The number of fused-ring (bicyclic) bond motifs is 1. The van der Waals surface area contributed by atoms with Gasteiger partial charge in [-0.1, -0.05) is 11.6 Å². The second-order valence-electron chi connectivity index (χ2n) is 4.29. The van der Waals surface area contributed by atoms with Gasteiger partial charge >= 0.3 is 0 Å². The molecule has 0 bridgehead atoms. The van der Waals surface area contributed by atoms with Crippen LogP contribution in [0.2, 0.25) is 5.02 Å². The number of hydrogen-bond acceptors (Lipinski definition) is 3. The predicted molar refractivity (Wildman–Crippen MR) is 74.6 cm³/mol. The highest BCUT2D eigenvalue weighted by molar-refractivity contribution is 6.32. The lowest BCUT2D eigenvalue weighted by Gasteiger charge is -2.09. The maximum absolute atomic E-state index is 6.08. The van der Waals surface area contributed by atoms with Crippen LogP contribution in [0.1, 0.15) is 5.56 Å². The number of rotatable bonds is 2. The van der Waals surface area contributed by atoms with Crippen molar-refractivity contribution in [2.75, 3.05) is 17.6 Å². The minimum atomic E-state index is 0.522. The highest BCUT2D eigenvalue weighted by atomic mass is 35.5. The van der Waals surface area contributed by atoms with Gasteiger partial charge in [-0.3, -0.25) is 0 Å². The van der Waals surface area contributed by atoms with Gasteiger partial charge < -0.3 is 15.8 Å². The third-order valence-corrected chi connectivity index (χ3v) is 3.27. The van der Waals surface area contributed by atoms with Gasteiger partial charge in [-0.05, 0) is 48.4 Å². The number of anilines is 2.